The van der Waals surface area contributed by atoms with Crippen LogP contribution in [0.4, 0.5) is 8.78 Å². The Morgan fingerprint density at radius 2 is 1.85 bits per heavy atom. The molecule has 1 aromatic carbocycles. The maximum atomic E-state index is 13.2. The molecule has 20 heavy (non-hydrogen) atoms. The van der Waals surface area contributed by atoms with Gasteiger partial charge >= 0.3 is 0 Å². The van der Waals surface area contributed by atoms with E-state index in [0.29, 0.717) is 12.3 Å². The van der Waals surface area contributed by atoms with E-state index in [9.17, 15) is 8.78 Å². The van der Waals surface area contributed by atoms with Crippen LogP contribution in [0.3, 0.4) is 0 Å². The summed E-state index contributed by atoms with van der Waals surface area (Å²) in [5.41, 5.74) is 1.61. The molecule has 0 saturated heterocycles. The van der Waals surface area contributed by atoms with Gasteiger partial charge in [0, 0.05) is 48.3 Å². The van der Waals surface area contributed by atoms with Gasteiger partial charge in [-0.15, -0.1) is 0 Å². The number of aromatic nitrogens is 1. The molecule has 0 bridgehead atoms. The SMILES string of the molecule is CCNCc1cnc(C)cc1Oc1cc(F)cc(F)c1. The van der Waals surface area contributed by atoms with Gasteiger partial charge in [0.05, 0.1) is 0 Å². The Kier molecular flexibility index (Phi) is 4.63. The Morgan fingerprint density at radius 3 is 2.50 bits per heavy atom. The van der Waals surface area contributed by atoms with E-state index in [4.69, 9.17) is 4.74 Å². The van der Waals surface area contributed by atoms with Gasteiger partial charge < -0.3 is 10.1 Å². The van der Waals surface area contributed by atoms with Crippen LogP contribution < -0.4 is 10.1 Å². The smallest absolute Gasteiger partial charge is 0.135 e. The Labute approximate surface area is 116 Å². The van der Waals surface area contributed by atoms with E-state index in [1.54, 1.807) is 12.3 Å². The first-order valence-corrected chi connectivity index (χ1v) is 6.38. The summed E-state index contributed by atoms with van der Waals surface area (Å²) in [5.74, 6) is -0.660. The molecule has 0 aliphatic carbocycles. The molecule has 2 aromatic rings. The number of benzene rings is 1. The Bertz CT molecular complexity index is 582. The van der Waals surface area contributed by atoms with Gasteiger partial charge in [-0.2, -0.15) is 0 Å². The molecule has 0 saturated carbocycles. The lowest BCUT2D eigenvalue weighted by atomic mass is 10.2. The highest BCUT2D eigenvalue weighted by atomic mass is 19.1. The first kappa shape index (κ1) is 14.4. The summed E-state index contributed by atoms with van der Waals surface area (Å²) in [4.78, 5) is 4.20. The van der Waals surface area contributed by atoms with Crippen molar-refractivity contribution in [2.75, 3.05) is 6.54 Å². The van der Waals surface area contributed by atoms with Crippen LogP contribution >= 0.6 is 0 Å². The van der Waals surface area contributed by atoms with Crippen molar-refractivity contribution in [3.63, 3.8) is 0 Å². The Hall–Kier alpha value is -2.01. The van der Waals surface area contributed by atoms with E-state index >= 15 is 0 Å². The third-order valence-electron chi connectivity index (χ3n) is 2.71. The number of halogens is 2. The van der Waals surface area contributed by atoms with Crippen molar-refractivity contribution in [3.05, 3.63) is 53.4 Å². The van der Waals surface area contributed by atoms with E-state index in [0.717, 1.165) is 36.0 Å². The standard InChI is InChI=1S/C15H16F2N2O/c1-3-18-8-11-9-19-10(2)4-15(11)20-14-6-12(16)5-13(17)7-14/h4-7,9,18H,3,8H2,1-2H3. The molecule has 0 unspecified atom stereocenters. The van der Waals surface area contributed by atoms with Crippen LogP contribution in [-0.4, -0.2) is 11.5 Å². The topological polar surface area (TPSA) is 34.2 Å². The maximum absolute atomic E-state index is 13.2. The molecule has 0 amide bonds. The highest BCUT2D eigenvalue weighted by Gasteiger charge is 2.08. The van der Waals surface area contributed by atoms with Crippen molar-refractivity contribution in [3.8, 4) is 11.5 Å². The number of nitrogens with one attached hydrogen (secondary N) is 1. The fourth-order valence-corrected chi connectivity index (χ4v) is 1.76. The molecule has 0 spiro atoms. The molecular formula is C15H16F2N2O. The van der Waals surface area contributed by atoms with Gasteiger partial charge in [-0.05, 0) is 13.5 Å². The zero-order valence-electron chi connectivity index (χ0n) is 11.4. The van der Waals surface area contributed by atoms with Crippen LogP contribution in [0.5, 0.6) is 11.5 Å². The van der Waals surface area contributed by atoms with E-state index in [1.165, 1.54) is 0 Å². The number of aryl methyl sites for hydroxylation is 1. The lowest BCUT2D eigenvalue weighted by molar-refractivity contribution is 0.459. The zero-order valence-corrected chi connectivity index (χ0v) is 11.4. The molecule has 5 heteroatoms. The molecule has 1 heterocycles. The predicted octanol–water partition coefficient (Wildman–Crippen LogP) is 3.57. The van der Waals surface area contributed by atoms with Gasteiger partial charge in [0.25, 0.3) is 0 Å². The summed E-state index contributed by atoms with van der Waals surface area (Å²) in [6.45, 7) is 5.21. The quantitative estimate of drug-likeness (QED) is 0.908. The van der Waals surface area contributed by atoms with E-state index in [-0.39, 0.29) is 5.75 Å². The second kappa shape index (κ2) is 6.43. The zero-order chi connectivity index (χ0) is 14.5. The Morgan fingerprint density at radius 1 is 1.15 bits per heavy atom. The number of rotatable bonds is 5. The van der Waals surface area contributed by atoms with Crippen molar-refractivity contribution in [1.82, 2.24) is 10.3 Å². The molecule has 0 aliphatic heterocycles. The predicted molar refractivity (Wildman–Crippen MR) is 72.8 cm³/mol. The third kappa shape index (κ3) is 3.74. The van der Waals surface area contributed by atoms with E-state index < -0.39 is 11.6 Å². The van der Waals surface area contributed by atoms with Crippen molar-refractivity contribution < 1.29 is 13.5 Å². The van der Waals surface area contributed by atoms with Gasteiger partial charge in [0.15, 0.2) is 0 Å². The summed E-state index contributed by atoms with van der Waals surface area (Å²) in [7, 11) is 0. The van der Waals surface area contributed by atoms with Gasteiger partial charge in [0.1, 0.15) is 23.1 Å². The van der Waals surface area contributed by atoms with Gasteiger partial charge in [-0.1, -0.05) is 6.92 Å². The van der Waals surface area contributed by atoms with Crippen LogP contribution in [0.25, 0.3) is 0 Å². The molecular weight excluding hydrogens is 262 g/mol. The first-order chi connectivity index (χ1) is 9.58. The second-order valence-electron chi connectivity index (χ2n) is 4.42. The van der Waals surface area contributed by atoms with E-state index in [1.807, 2.05) is 13.8 Å². The van der Waals surface area contributed by atoms with Crippen LogP contribution in [0.15, 0.2) is 30.5 Å². The molecule has 2 rings (SSSR count). The average molecular weight is 278 g/mol. The number of nitrogens with zero attached hydrogens (tertiary/aromatic N) is 1. The van der Waals surface area contributed by atoms with Gasteiger partial charge in [0.2, 0.25) is 0 Å². The van der Waals surface area contributed by atoms with Gasteiger partial charge in [-0.3, -0.25) is 4.98 Å². The molecule has 1 aromatic heterocycles. The molecule has 0 radical (unpaired) electrons. The lowest BCUT2D eigenvalue weighted by Crippen LogP contribution is -2.12. The summed E-state index contributed by atoms with van der Waals surface area (Å²) < 4.78 is 31.9. The highest BCUT2D eigenvalue weighted by molar-refractivity contribution is 5.37. The van der Waals surface area contributed by atoms with Crippen molar-refractivity contribution in [1.29, 1.82) is 0 Å². The highest BCUT2D eigenvalue weighted by Crippen LogP contribution is 2.26. The third-order valence-corrected chi connectivity index (χ3v) is 2.71. The largest absolute Gasteiger partial charge is 0.457 e. The summed E-state index contributed by atoms with van der Waals surface area (Å²) >= 11 is 0. The van der Waals surface area contributed by atoms with Crippen LogP contribution in [-0.2, 0) is 6.54 Å². The maximum Gasteiger partial charge on any atom is 0.135 e. The minimum Gasteiger partial charge on any atom is -0.457 e. The minimum atomic E-state index is -0.668. The number of pyridine rings is 1. The molecule has 3 nitrogen and oxygen atoms in total. The van der Waals surface area contributed by atoms with Crippen molar-refractivity contribution in [2.24, 2.45) is 0 Å². The lowest BCUT2D eigenvalue weighted by Gasteiger charge is -2.12. The normalized spacial score (nSPS) is 10.6. The molecule has 0 fully saturated rings. The summed E-state index contributed by atoms with van der Waals surface area (Å²) in [6.07, 6.45) is 1.70. The van der Waals surface area contributed by atoms with E-state index in [2.05, 4.69) is 10.3 Å². The second-order valence-corrected chi connectivity index (χ2v) is 4.42. The Balaban J connectivity index is 2.28. The van der Waals surface area contributed by atoms with Crippen LogP contribution in [0.2, 0.25) is 0 Å². The number of hydrogen-bond donors (Lipinski definition) is 1. The monoisotopic (exact) mass is 278 g/mol. The molecule has 106 valence electrons. The fourth-order valence-electron chi connectivity index (χ4n) is 1.76. The van der Waals surface area contributed by atoms with Gasteiger partial charge in [-0.25, -0.2) is 8.78 Å². The molecule has 0 aliphatic rings. The van der Waals surface area contributed by atoms with Crippen LogP contribution in [0, 0.1) is 18.6 Å². The summed E-state index contributed by atoms with van der Waals surface area (Å²) in [6, 6.07) is 4.85. The molecule has 1 N–H and O–H groups in total. The average Bonchev–Trinajstić information content (AvgIpc) is 2.36. The first-order valence-electron chi connectivity index (χ1n) is 6.38. The number of ether oxygens (including phenoxy) is 1. The van der Waals surface area contributed by atoms with Crippen LogP contribution in [0.1, 0.15) is 18.2 Å². The number of hydrogen-bond acceptors (Lipinski definition) is 3. The fraction of sp³-hybridized carbons (Fsp3) is 0.267. The van der Waals surface area contributed by atoms with Crippen molar-refractivity contribution >= 4 is 0 Å². The summed E-state index contributed by atoms with van der Waals surface area (Å²) in [5, 5.41) is 3.16. The minimum absolute atomic E-state index is 0.130. The van der Waals surface area contributed by atoms with Crippen molar-refractivity contribution in [2.45, 2.75) is 20.4 Å². The molecule has 0 atom stereocenters.